The molecule has 1 fully saturated rings. The lowest BCUT2D eigenvalue weighted by Gasteiger charge is -2.33. The van der Waals surface area contributed by atoms with Crippen LogP contribution in [0, 0.1) is 11.8 Å². The van der Waals surface area contributed by atoms with Crippen LogP contribution in [0.3, 0.4) is 0 Å². The molecule has 2 unspecified atom stereocenters. The Morgan fingerprint density at radius 3 is 2.58 bits per heavy atom. The maximum Gasteiger partial charge on any atom is 0.227 e. The normalized spacial score (nSPS) is 18.2. The third-order valence-corrected chi connectivity index (χ3v) is 4.73. The fourth-order valence-corrected chi connectivity index (χ4v) is 3.40. The van der Waals surface area contributed by atoms with Gasteiger partial charge in [0.1, 0.15) is 0 Å². The Kier molecular flexibility index (Phi) is 9.66. The number of benzene rings is 1. The molecule has 26 heavy (non-hydrogen) atoms. The minimum Gasteiger partial charge on any atom is -0.352 e. The minimum atomic E-state index is -0.130. The number of carbonyl (C=O) groups is 2. The van der Waals surface area contributed by atoms with Gasteiger partial charge in [-0.05, 0) is 30.7 Å². The number of nitrogens with one attached hydrogen (secondary N) is 1. The molecule has 6 heteroatoms. The van der Waals surface area contributed by atoms with Crippen molar-refractivity contribution in [2.75, 3.05) is 19.6 Å². The van der Waals surface area contributed by atoms with Crippen molar-refractivity contribution < 1.29 is 9.59 Å². The monoisotopic (exact) mass is 381 g/mol. The standard InChI is InChI=1S/C20H31N3O2.ClH/c1-15(2)11-18(13-21)22-20(25)17-9-6-10-23(14-17)19(24)12-16-7-4-3-5-8-16;/h3-5,7-8,15,17-18H,6,9-14,21H2,1-2H3,(H,22,25);1H. The number of hydrogen-bond donors (Lipinski definition) is 2. The van der Waals surface area contributed by atoms with Crippen molar-refractivity contribution >= 4 is 24.2 Å². The third kappa shape index (κ3) is 6.96. The molecule has 1 heterocycles. The Bertz CT molecular complexity index is 565. The van der Waals surface area contributed by atoms with Crippen LogP contribution in [-0.4, -0.2) is 42.4 Å². The number of nitrogens with two attached hydrogens (primary N) is 1. The highest BCUT2D eigenvalue weighted by Crippen LogP contribution is 2.18. The summed E-state index contributed by atoms with van der Waals surface area (Å²) in [5, 5.41) is 3.08. The van der Waals surface area contributed by atoms with Crippen molar-refractivity contribution in [3.05, 3.63) is 35.9 Å². The van der Waals surface area contributed by atoms with Crippen molar-refractivity contribution in [2.24, 2.45) is 17.6 Å². The van der Waals surface area contributed by atoms with E-state index in [-0.39, 0.29) is 36.2 Å². The first-order chi connectivity index (χ1) is 12.0. The van der Waals surface area contributed by atoms with E-state index in [0.29, 0.717) is 25.4 Å². The smallest absolute Gasteiger partial charge is 0.227 e. The van der Waals surface area contributed by atoms with Gasteiger partial charge in [-0.1, -0.05) is 44.2 Å². The van der Waals surface area contributed by atoms with Gasteiger partial charge in [0, 0.05) is 25.7 Å². The Hall–Kier alpha value is -1.59. The molecule has 146 valence electrons. The van der Waals surface area contributed by atoms with Gasteiger partial charge < -0.3 is 16.0 Å². The molecule has 1 aromatic carbocycles. The number of hydrogen-bond acceptors (Lipinski definition) is 3. The average Bonchev–Trinajstić information content (AvgIpc) is 2.61. The molecule has 1 aliphatic rings. The Morgan fingerprint density at radius 1 is 1.27 bits per heavy atom. The molecule has 0 radical (unpaired) electrons. The zero-order valence-corrected chi connectivity index (χ0v) is 16.6. The minimum absolute atomic E-state index is 0. The van der Waals surface area contributed by atoms with Crippen molar-refractivity contribution in [2.45, 2.75) is 45.6 Å². The number of rotatable bonds is 7. The highest BCUT2D eigenvalue weighted by Gasteiger charge is 2.29. The number of piperidine rings is 1. The first-order valence-corrected chi connectivity index (χ1v) is 9.31. The third-order valence-electron chi connectivity index (χ3n) is 4.73. The summed E-state index contributed by atoms with van der Waals surface area (Å²) in [4.78, 5) is 26.9. The Morgan fingerprint density at radius 2 is 1.96 bits per heavy atom. The summed E-state index contributed by atoms with van der Waals surface area (Å²) in [6, 6.07) is 9.77. The molecular formula is C20H32ClN3O2. The summed E-state index contributed by atoms with van der Waals surface area (Å²) in [6.07, 6.45) is 2.98. The van der Waals surface area contributed by atoms with Gasteiger partial charge in [0.25, 0.3) is 0 Å². The van der Waals surface area contributed by atoms with Gasteiger partial charge in [-0.3, -0.25) is 9.59 Å². The van der Waals surface area contributed by atoms with Crippen LogP contribution in [0.1, 0.15) is 38.7 Å². The molecule has 5 nitrogen and oxygen atoms in total. The molecule has 0 spiro atoms. The molecule has 0 aromatic heterocycles. The van der Waals surface area contributed by atoms with Crippen molar-refractivity contribution in [3.63, 3.8) is 0 Å². The van der Waals surface area contributed by atoms with Gasteiger partial charge in [0.05, 0.1) is 12.3 Å². The second kappa shape index (κ2) is 11.2. The van der Waals surface area contributed by atoms with Gasteiger partial charge in [-0.15, -0.1) is 12.4 Å². The van der Waals surface area contributed by atoms with Crippen LogP contribution < -0.4 is 11.1 Å². The quantitative estimate of drug-likeness (QED) is 0.761. The zero-order valence-electron chi connectivity index (χ0n) is 15.8. The molecule has 0 bridgehead atoms. The van der Waals surface area contributed by atoms with Gasteiger partial charge in [-0.25, -0.2) is 0 Å². The van der Waals surface area contributed by atoms with Gasteiger partial charge in [-0.2, -0.15) is 0 Å². The van der Waals surface area contributed by atoms with Crippen LogP contribution in [0.4, 0.5) is 0 Å². The van der Waals surface area contributed by atoms with Crippen LogP contribution in [0.5, 0.6) is 0 Å². The number of carbonyl (C=O) groups excluding carboxylic acids is 2. The predicted octanol–water partition coefficient (Wildman–Crippen LogP) is 2.38. The summed E-state index contributed by atoms with van der Waals surface area (Å²) >= 11 is 0. The molecule has 3 N–H and O–H groups in total. The Balaban J connectivity index is 0.00000338. The van der Waals surface area contributed by atoms with Gasteiger partial charge >= 0.3 is 0 Å². The van der Waals surface area contributed by atoms with E-state index in [9.17, 15) is 9.59 Å². The van der Waals surface area contributed by atoms with Crippen LogP contribution in [0.25, 0.3) is 0 Å². The SMILES string of the molecule is CC(C)CC(CN)NC(=O)C1CCCN(C(=O)Cc2ccccc2)C1.Cl. The lowest BCUT2D eigenvalue weighted by atomic mass is 9.95. The molecule has 2 rings (SSSR count). The molecule has 0 aliphatic carbocycles. The van der Waals surface area contributed by atoms with E-state index in [2.05, 4.69) is 19.2 Å². The molecular weight excluding hydrogens is 350 g/mol. The lowest BCUT2D eigenvalue weighted by molar-refractivity contribution is -0.135. The molecule has 2 atom stereocenters. The van der Waals surface area contributed by atoms with E-state index >= 15 is 0 Å². The molecule has 1 aromatic rings. The number of amides is 2. The highest BCUT2D eigenvalue weighted by atomic mass is 35.5. The molecule has 1 saturated heterocycles. The second-order valence-electron chi connectivity index (χ2n) is 7.41. The van der Waals surface area contributed by atoms with Gasteiger partial charge in [0.15, 0.2) is 0 Å². The zero-order chi connectivity index (χ0) is 18.2. The summed E-state index contributed by atoms with van der Waals surface area (Å²) in [5.41, 5.74) is 6.79. The van der Waals surface area contributed by atoms with Gasteiger partial charge in [0.2, 0.25) is 11.8 Å². The molecule has 0 saturated carbocycles. The second-order valence-corrected chi connectivity index (χ2v) is 7.41. The van der Waals surface area contributed by atoms with Crippen molar-refractivity contribution in [3.8, 4) is 0 Å². The van der Waals surface area contributed by atoms with Crippen LogP contribution >= 0.6 is 12.4 Å². The largest absolute Gasteiger partial charge is 0.352 e. The summed E-state index contributed by atoms with van der Waals surface area (Å²) in [6.45, 7) is 5.95. The first kappa shape index (κ1) is 22.5. The van der Waals surface area contributed by atoms with E-state index in [1.165, 1.54) is 0 Å². The Labute approximate surface area is 163 Å². The molecule has 2 amide bonds. The highest BCUT2D eigenvalue weighted by molar-refractivity contribution is 5.85. The van der Waals surface area contributed by atoms with Crippen LogP contribution in [0.15, 0.2) is 30.3 Å². The van der Waals surface area contributed by atoms with E-state index < -0.39 is 0 Å². The van der Waals surface area contributed by atoms with Crippen molar-refractivity contribution in [1.29, 1.82) is 0 Å². The topological polar surface area (TPSA) is 75.4 Å². The number of likely N-dealkylation sites (tertiary alicyclic amines) is 1. The van der Waals surface area contributed by atoms with E-state index in [1.807, 2.05) is 35.2 Å². The fourth-order valence-electron chi connectivity index (χ4n) is 3.40. The predicted molar refractivity (Wildman–Crippen MR) is 107 cm³/mol. The fraction of sp³-hybridized carbons (Fsp3) is 0.600. The van der Waals surface area contributed by atoms with Crippen LogP contribution in [0.2, 0.25) is 0 Å². The maximum atomic E-state index is 12.6. The summed E-state index contributed by atoms with van der Waals surface area (Å²) < 4.78 is 0. The first-order valence-electron chi connectivity index (χ1n) is 9.31. The lowest BCUT2D eigenvalue weighted by Crippen LogP contribution is -2.49. The molecule has 1 aliphatic heterocycles. The van der Waals surface area contributed by atoms with Crippen LogP contribution in [-0.2, 0) is 16.0 Å². The van der Waals surface area contributed by atoms with E-state index in [4.69, 9.17) is 5.73 Å². The summed E-state index contributed by atoms with van der Waals surface area (Å²) in [5.74, 6) is 0.494. The number of nitrogens with zero attached hydrogens (tertiary/aromatic N) is 1. The summed E-state index contributed by atoms with van der Waals surface area (Å²) in [7, 11) is 0. The van der Waals surface area contributed by atoms with Crippen molar-refractivity contribution in [1.82, 2.24) is 10.2 Å². The van der Waals surface area contributed by atoms with E-state index in [0.717, 1.165) is 31.4 Å². The average molecular weight is 382 g/mol. The maximum absolute atomic E-state index is 12.6. The van der Waals surface area contributed by atoms with E-state index in [1.54, 1.807) is 0 Å². The number of halogens is 1.